The van der Waals surface area contributed by atoms with E-state index in [0.717, 1.165) is 13.1 Å². The van der Waals surface area contributed by atoms with Crippen LogP contribution in [0.25, 0.3) is 0 Å². The molecule has 1 N–H and O–H groups in total. The van der Waals surface area contributed by atoms with E-state index in [1.54, 1.807) is 4.90 Å². The molecule has 1 aromatic rings. The molecular weight excluding hydrogens is 254 g/mol. The van der Waals surface area contributed by atoms with Crippen molar-refractivity contribution in [3.8, 4) is 0 Å². The van der Waals surface area contributed by atoms with Crippen LogP contribution in [0.5, 0.6) is 0 Å². The first-order valence-corrected chi connectivity index (χ1v) is 6.20. The van der Waals surface area contributed by atoms with Crippen molar-refractivity contribution in [3.05, 3.63) is 34.3 Å². The smallest absolute Gasteiger partial charge is 0.256 e. The number of rotatable bonds is 1. The summed E-state index contributed by atoms with van der Waals surface area (Å²) >= 11 is 5.95. The summed E-state index contributed by atoms with van der Waals surface area (Å²) in [6.45, 7) is 6.14. The highest BCUT2D eigenvalue weighted by molar-refractivity contribution is 6.33. The zero-order chi connectivity index (χ0) is 13.3. The summed E-state index contributed by atoms with van der Waals surface area (Å²) in [4.78, 5) is 14.2. The summed E-state index contributed by atoms with van der Waals surface area (Å²) < 4.78 is 0.585. The molecule has 1 aromatic heterocycles. The minimum Gasteiger partial charge on any atom is -0.619 e. The van der Waals surface area contributed by atoms with E-state index < -0.39 is 0 Å². The van der Waals surface area contributed by atoms with Crippen molar-refractivity contribution in [3.63, 3.8) is 0 Å². The molecule has 0 spiro atoms. The van der Waals surface area contributed by atoms with Crippen LogP contribution in [0.3, 0.4) is 0 Å². The molecule has 98 valence electrons. The minimum atomic E-state index is -0.262. The fraction of sp³-hybridized carbons (Fsp3) is 0.500. The maximum absolute atomic E-state index is 12.4. The van der Waals surface area contributed by atoms with Gasteiger partial charge in [0.05, 0.1) is 11.1 Å². The molecular formula is C12H16ClN3O2. The Hall–Kier alpha value is -1.33. The summed E-state index contributed by atoms with van der Waals surface area (Å²) in [7, 11) is 0. The Morgan fingerprint density at radius 2 is 2.33 bits per heavy atom. The lowest BCUT2D eigenvalue weighted by Crippen LogP contribution is -2.59. The van der Waals surface area contributed by atoms with Gasteiger partial charge in [0.25, 0.3) is 5.91 Å². The minimum absolute atomic E-state index is 0.132. The van der Waals surface area contributed by atoms with Crippen LogP contribution in [0.1, 0.15) is 24.2 Å². The molecule has 2 rings (SSSR count). The number of nitrogens with zero attached hydrogens (tertiary/aromatic N) is 2. The predicted molar refractivity (Wildman–Crippen MR) is 68.4 cm³/mol. The van der Waals surface area contributed by atoms with Crippen molar-refractivity contribution in [1.82, 2.24) is 10.2 Å². The van der Waals surface area contributed by atoms with Crippen LogP contribution in [-0.4, -0.2) is 36.0 Å². The molecule has 0 unspecified atom stereocenters. The average molecular weight is 270 g/mol. The van der Waals surface area contributed by atoms with Crippen LogP contribution >= 0.6 is 11.6 Å². The van der Waals surface area contributed by atoms with Gasteiger partial charge in [-0.25, -0.2) is 0 Å². The summed E-state index contributed by atoms with van der Waals surface area (Å²) in [5.74, 6) is -0.132. The summed E-state index contributed by atoms with van der Waals surface area (Å²) in [6.07, 6.45) is 2.48. The highest BCUT2D eigenvalue weighted by atomic mass is 35.5. The van der Waals surface area contributed by atoms with E-state index in [4.69, 9.17) is 11.6 Å². The van der Waals surface area contributed by atoms with Gasteiger partial charge in [0.1, 0.15) is 5.02 Å². The van der Waals surface area contributed by atoms with Crippen LogP contribution in [0.2, 0.25) is 5.02 Å². The fourth-order valence-corrected chi connectivity index (χ4v) is 2.37. The number of hydrogen-bond donors (Lipinski definition) is 1. The molecule has 5 nitrogen and oxygen atoms in total. The van der Waals surface area contributed by atoms with Gasteiger partial charge in [-0.15, -0.1) is 0 Å². The monoisotopic (exact) mass is 269 g/mol. The number of hydrogen-bond acceptors (Lipinski definition) is 3. The van der Waals surface area contributed by atoms with Crippen LogP contribution in [0.15, 0.2) is 18.5 Å². The van der Waals surface area contributed by atoms with E-state index >= 15 is 0 Å². The molecule has 0 bridgehead atoms. The quantitative estimate of drug-likeness (QED) is 0.606. The predicted octanol–water partition coefficient (Wildman–Crippen LogP) is 0.797. The van der Waals surface area contributed by atoms with Crippen molar-refractivity contribution in [2.45, 2.75) is 19.4 Å². The van der Waals surface area contributed by atoms with E-state index in [2.05, 4.69) is 5.32 Å². The Labute approximate surface area is 111 Å². The van der Waals surface area contributed by atoms with Crippen molar-refractivity contribution in [2.75, 3.05) is 19.6 Å². The molecule has 0 saturated carbocycles. The first kappa shape index (κ1) is 13.1. The van der Waals surface area contributed by atoms with Crippen LogP contribution < -0.4 is 10.0 Å². The first-order chi connectivity index (χ1) is 8.42. The highest BCUT2D eigenvalue weighted by Gasteiger charge is 2.34. The molecule has 0 atom stereocenters. The normalized spacial score (nSPS) is 18.7. The van der Waals surface area contributed by atoms with Gasteiger partial charge in [0.15, 0.2) is 12.4 Å². The van der Waals surface area contributed by atoms with Gasteiger partial charge >= 0.3 is 0 Å². The number of amides is 1. The standard InChI is InChI=1S/C12H16ClN3O2/c1-12(2)8-14-4-6-16(12)11(17)9-3-5-15(18)7-10(9)13/h3,5,7,14H,4,6,8H2,1-2H3. The lowest BCUT2D eigenvalue weighted by molar-refractivity contribution is -0.605. The van der Waals surface area contributed by atoms with E-state index in [1.807, 2.05) is 13.8 Å². The largest absolute Gasteiger partial charge is 0.619 e. The van der Waals surface area contributed by atoms with Gasteiger partial charge in [-0.2, -0.15) is 4.73 Å². The first-order valence-electron chi connectivity index (χ1n) is 5.83. The maximum Gasteiger partial charge on any atom is 0.256 e. The van der Waals surface area contributed by atoms with Gasteiger partial charge < -0.3 is 15.4 Å². The van der Waals surface area contributed by atoms with Crippen LogP contribution in [0.4, 0.5) is 0 Å². The molecule has 18 heavy (non-hydrogen) atoms. The average Bonchev–Trinajstić information content (AvgIpc) is 2.27. The molecule has 6 heteroatoms. The Balaban J connectivity index is 2.30. The third-order valence-corrected chi connectivity index (χ3v) is 3.46. The summed E-state index contributed by atoms with van der Waals surface area (Å²) in [5, 5.41) is 14.5. The van der Waals surface area contributed by atoms with E-state index in [0.29, 0.717) is 16.8 Å². The Bertz CT molecular complexity index is 476. The highest BCUT2D eigenvalue weighted by Crippen LogP contribution is 2.22. The van der Waals surface area contributed by atoms with Gasteiger partial charge in [0, 0.05) is 25.7 Å². The van der Waals surface area contributed by atoms with E-state index in [9.17, 15) is 10.0 Å². The number of piperazine rings is 1. The number of pyridine rings is 1. The zero-order valence-corrected chi connectivity index (χ0v) is 11.2. The second kappa shape index (κ2) is 4.74. The molecule has 1 fully saturated rings. The fourth-order valence-electron chi connectivity index (χ4n) is 2.13. The summed E-state index contributed by atoms with van der Waals surface area (Å²) in [5.41, 5.74) is 0.112. The molecule has 1 amide bonds. The lowest BCUT2D eigenvalue weighted by atomic mass is 9.99. The molecule has 1 aliphatic rings. The second-order valence-electron chi connectivity index (χ2n) is 5.01. The molecule has 0 aromatic carbocycles. The number of aromatic nitrogens is 1. The molecule has 1 saturated heterocycles. The lowest BCUT2D eigenvalue weighted by Gasteiger charge is -2.42. The van der Waals surface area contributed by atoms with Gasteiger partial charge in [0.2, 0.25) is 0 Å². The number of nitrogens with one attached hydrogen (secondary N) is 1. The SMILES string of the molecule is CC1(C)CNCCN1C(=O)c1cc[n+]([O-])cc1Cl. The maximum atomic E-state index is 12.4. The van der Waals surface area contributed by atoms with Gasteiger partial charge in [-0.05, 0) is 13.8 Å². The molecule has 1 aliphatic heterocycles. The van der Waals surface area contributed by atoms with Crippen molar-refractivity contribution >= 4 is 17.5 Å². The van der Waals surface area contributed by atoms with Crippen molar-refractivity contribution in [2.24, 2.45) is 0 Å². The molecule has 2 heterocycles. The zero-order valence-electron chi connectivity index (χ0n) is 10.4. The van der Waals surface area contributed by atoms with Crippen molar-refractivity contribution < 1.29 is 9.52 Å². The third-order valence-electron chi connectivity index (χ3n) is 3.16. The third kappa shape index (κ3) is 2.42. The summed E-state index contributed by atoms with van der Waals surface area (Å²) in [6, 6.07) is 1.47. The number of carbonyl (C=O) groups excluding carboxylic acids is 1. The Kier molecular flexibility index (Phi) is 3.45. The van der Waals surface area contributed by atoms with Gasteiger partial charge in [-0.3, -0.25) is 4.79 Å². The van der Waals surface area contributed by atoms with Gasteiger partial charge in [-0.1, -0.05) is 11.6 Å². The number of carbonyl (C=O) groups is 1. The van der Waals surface area contributed by atoms with Crippen LogP contribution in [-0.2, 0) is 0 Å². The topological polar surface area (TPSA) is 59.3 Å². The van der Waals surface area contributed by atoms with Crippen molar-refractivity contribution in [1.29, 1.82) is 0 Å². The molecule has 0 aliphatic carbocycles. The van der Waals surface area contributed by atoms with E-state index in [1.165, 1.54) is 18.5 Å². The second-order valence-corrected chi connectivity index (χ2v) is 5.42. The Morgan fingerprint density at radius 1 is 1.61 bits per heavy atom. The van der Waals surface area contributed by atoms with E-state index in [-0.39, 0.29) is 16.5 Å². The molecule has 0 radical (unpaired) electrons. The number of halogens is 1. The Morgan fingerprint density at radius 3 is 2.94 bits per heavy atom. The van der Waals surface area contributed by atoms with Crippen LogP contribution in [0, 0.1) is 5.21 Å².